The molecule has 0 bridgehead atoms. The number of Topliss-reactive ketones (excluding diaryl/α,β-unsaturated/α-hetero) is 1. The van der Waals surface area contributed by atoms with Gasteiger partial charge in [-0.05, 0) is 11.0 Å². The summed E-state index contributed by atoms with van der Waals surface area (Å²) in [6.45, 7) is 4.38. The smallest absolute Gasteiger partial charge is 0.139 e. The van der Waals surface area contributed by atoms with Crippen molar-refractivity contribution in [1.29, 1.82) is 0 Å². The summed E-state index contributed by atoms with van der Waals surface area (Å²) in [7, 11) is 0. The Morgan fingerprint density at radius 2 is 2.11 bits per heavy atom. The van der Waals surface area contributed by atoms with Crippen LogP contribution in [-0.2, 0) is 4.79 Å². The van der Waals surface area contributed by atoms with E-state index in [4.69, 9.17) is 0 Å². The van der Waals surface area contributed by atoms with Gasteiger partial charge in [-0.1, -0.05) is 38.1 Å². The zero-order valence-corrected chi connectivity index (χ0v) is 11.1. The lowest BCUT2D eigenvalue weighted by molar-refractivity contribution is -0.142. The third-order valence-corrected chi connectivity index (χ3v) is 4.66. The molecule has 4 rings (SSSR count). The third kappa shape index (κ3) is 1.28. The minimum Gasteiger partial charge on any atom is -0.322 e. The van der Waals surface area contributed by atoms with Crippen LogP contribution in [0.5, 0.6) is 0 Å². The van der Waals surface area contributed by atoms with E-state index in [9.17, 15) is 4.79 Å². The van der Waals surface area contributed by atoms with E-state index in [1.807, 2.05) is 18.6 Å². The van der Waals surface area contributed by atoms with Crippen LogP contribution in [0.4, 0.5) is 0 Å². The van der Waals surface area contributed by atoms with Gasteiger partial charge >= 0.3 is 0 Å². The van der Waals surface area contributed by atoms with Crippen LogP contribution in [0.2, 0.25) is 0 Å². The van der Waals surface area contributed by atoms with Crippen LogP contribution in [-0.4, -0.2) is 15.3 Å². The van der Waals surface area contributed by atoms with Gasteiger partial charge in [-0.25, -0.2) is 4.98 Å². The second-order valence-corrected chi connectivity index (χ2v) is 6.33. The highest BCUT2D eigenvalue weighted by atomic mass is 16.1. The van der Waals surface area contributed by atoms with Crippen LogP contribution in [0.15, 0.2) is 36.8 Å². The van der Waals surface area contributed by atoms with Crippen molar-refractivity contribution >= 4 is 5.78 Å². The molecule has 0 radical (unpaired) electrons. The first-order valence-electron chi connectivity index (χ1n) is 6.73. The van der Waals surface area contributed by atoms with Gasteiger partial charge in [0.15, 0.2) is 0 Å². The molecule has 1 aliphatic heterocycles. The number of imidazole rings is 1. The van der Waals surface area contributed by atoms with Crippen LogP contribution in [0.1, 0.15) is 31.9 Å². The Hall–Kier alpha value is -1.90. The Morgan fingerprint density at radius 3 is 2.84 bits per heavy atom. The standard InChI is InChI=1S/C16H16N2O/c1-16(2)7-13(19)14(16)15-11-6-4-3-5-10(11)12-8-17-9-18(12)15/h3-6,8-9,14-15H,7H2,1-2H3. The highest BCUT2D eigenvalue weighted by Gasteiger charge is 2.53. The second kappa shape index (κ2) is 3.35. The molecule has 96 valence electrons. The molecule has 1 saturated carbocycles. The van der Waals surface area contributed by atoms with Crippen LogP contribution in [0, 0.1) is 11.3 Å². The van der Waals surface area contributed by atoms with Gasteiger partial charge in [-0.2, -0.15) is 0 Å². The molecule has 0 amide bonds. The van der Waals surface area contributed by atoms with Crippen molar-refractivity contribution in [3.8, 4) is 11.3 Å². The van der Waals surface area contributed by atoms with E-state index in [2.05, 4.69) is 41.6 Å². The monoisotopic (exact) mass is 252 g/mol. The highest BCUT2D eigenvalue weighted by molar-refractivity contribution is 5.90. The van der Waals surface area contributed by atoms with Crippen molar-refractivity contribution in [2.24, 2.45) is 11.3 Å². The van der Waals surface area contributed by atoms with Crippen molar-refractivity contribution in [2.75, 3.05) is 0 Å². The molecule has 2 heterocycles. The molecular weight excluding hydrogens is 236 g/mol. The number of benzene rings is 1. The maximum Gasteiger partial charge on any atom is 0.139 e. The summed E-state index contributed by atoms with van der Waals surface area (Å²) in [5.74, 6) is 0.454. The fourth-order valence-electron chi connectivity index (χ4n) is 3.79. The Kier molecular flexibility index (Phi) is 1.93. The lowest BCUT2D eigenvalue weighted by Crippen LogP contribution is -2.48. The summed E-state index contributed by atoms with van der Waals surface area (Å²) in [4.78, 5) is 16.4. The van der Waals surface area contributed by atoms with E-state index in [1.165, 1.54) is 11.1 Å². The lowest BCUT2D eigenvalue weighted by Gasteiger charge is -2.46. The van der Waals surface area contributed by atoms with Crippen LogP contribution >= 0.6 is 0 Å². The van der Waals surface area contributed by atoms with Gasteiger partial charge in [0.25, 0.3) is 0 Å². The van der Waals surface area contributed by atoms with Crippen LogP contribution in [0.3, 0.4) is 0 Å². The van der Waals surface area contributed by atoms with Crippen molar-refractivity contribution in [3.05, 3.63) is 42.4 Å². The van der Waals surface area contributed by atoms with Crippen molar-refractivity contribution < 1.29 is 4.79 Å². The number of nitrogens with zero attached hydrogens (tertiary/aromatic N) is 2. The topological polar surface area (TPSA) is 34.9 Å². The van der Waals surface area contributed by atoms with Crippen molar-refractivity contribution in [1.82, 2.24) is 9.55 Å². The zero-order chi connectivity index (χ0) is 13.2. The van der Waals surface area contributed by atoms with E-state index in [1.54, 1.807) is 0 Å². The van der Waals surface area contributed by atoms with Gasteiger partial charge in [0.05, 0.1) is 24.3 Å². The summed E-state index contributed by atoms with van der Waals surface area (Å²) in [6.07, 6.45) is 4.46. The average Bonchev–Trinajstić information content (AvgIpc) is 2.92. The number of carbonyl (C=O) groups is 1. The number of carbonyl (C=O) groups excluding carboxylic acids is 1. The van der Waals surface area contributed by atoms with E-state index < -0.39 is 0 Å². The van der Waals surface area contributed by atoms with E-state index in [0.29, 0.717) is 12.2 Å². The first kappa shape index (κ1) is 11.0. The minimum absolute atomic E-state index is 0.0732. The number of rotatable bonds is 1. The summed E-state index contributed by atoms with van der Waals surface area (Å²) >= 11 is 0. The molecule has 2 aromatic rings. The molecule has 0 spiro atoms. The first-order chi connectivity index (χ1) is 9.09. The predicted molar refractivity (Wildman–Crippen MR) is 72.7 cm³/mol. The molecule has 1 fully saturated rings. The number of aromatic nitrogens is 2. The lowest BCUT2D eigenvalue weighted by atomic mass is 9.58. The third-order valence-electron chi connectivity index (χ3n) is 4.66. The molecule has 1 aliphatic carbocycles. The van der Waals surface area contributed by atoms with Gasteiger partial charge in [0.1, 0.15) is 5.78 Å². The Morgan fingerprint density at radius 1 is 1.32 bits per heavy atom. The fraction of sp³-hybridized carbons (Fsp3) is 0.375. The molecule has 1 aromatic carbocycles. The predicted octanol–water partition coefficient (Wildman–Crippen LogP) is 3.07. The maximum absolute atomic E-state index is 12.1. The number of fused-ring (bicyclic) bond motifs is 3. The van der Waals surface area contributed by atoms with Crippen molar-refractivity contribution in [2.45, 2.75) is 26.3 Å². The molecule has 0 N–H and O–H groups in total. The molecule has 3 nitrogen and oxygen atoms in total. The van der Waals surface area contributed by atoms with Gasteiger partial charge < -0.3 is 4.57 Å². The van der Waals surface area contributed by atoms with Gasteiger partial charge in [0, 0.05) is 17.9 Å². The van der Waals surface area contributed by atoms with E-state index in [0.717, 1.165) is 5.69 Å². The minimum atomic E-state index is 0.0732. The summed E-state index contributed by atoms with van der Waals surface area (Å²) in [6, 6.07) is 8.51. The normalized spacial score (nSPS) is 26.7. The van der Waals surface area contributed by atoms with Crippen molar-refractivity contribution in [3.63, 3.8) is 0 Å². The highest BCUT2D eigenvalue weighted by Crippen LogP contribution is 2.54. The fourth-order valence-corrected chi connectivity index (χ4v) is 3.79. The molecule has 2 atom stereocenters. The Balaban J connectivity index is 1.92. The molecule has 2 unspecified atom stereocenters. The maximum atomic E-state index is 12.1. The van der Waals surface area contributed by atoms with Gasteiger partial charge in [-0.15, -0.1) is 0 Å². The largest absolute Gasteiger partial charge is 0.322 e. The molecule has 1 aromatic heterocycles. The summed E-state index contributed by atoms with van der Waals surface area (Å²) in [5, 5.41) is 0. The molecular formula is C16H16N2O. The molecule has 3 heteroatoms. The quantitative estimate of drug-likeness (QED) is 0.781. The average molecular weight is 252 g/mol. The zero-order valence-electron chi connectivity index (χ0n) is 11.1. The summed E-state index contributed by atoms with van der Waals surface area (Å²) < 4.78 is 2.17. The Bertz CT molecular complexity index is 684. The second-order valence-electron chi connectivity index (χ2n) is 6.33. The summed E-state index contributed by atoms with van der Waals surface area (Å²) in [5.41, 5.74) is 3.71. The molecule has 2 aliphatic rings. The number of hydrogen-bond donors (Lipinski definition) is 0. The van der Waals surface area contributed by atoms with Crippen LogP contribution < -0.4 is 0 Å². The molecule has 19 heavy (non-hydrogen) atoms. The van der Waals surface area contributed by atoms with Gasteiger partial charge in [-0.3, -0.25) is 4.79 Å². The first-order valence-corrected chi connectivity index (χ1v) is 6.73. The molecule has 0 saturated heterocycles. The Labute approximate surface area is 112 Å². The number of ketones is 1. The van der Waals surface area contributed by atoms with E-state index in [-0.39, 0.29) is 17.4 Å². The van der Waals surface area contributed by atoms with E-state index >= 15 is 0 Å². The van der Waals surface area contributed by atoms with Gasteiger partial charge in [0.2, 0.25) is 0 Å². The van der Waals surface area contributed by atoms with Crippen LogP contribution in [0.25, 0.3) is 11.3 Å². The SMILES string of the molecule is CC1(C)CC(=O)C1C1c2ccccc2-c2cncn21. The number of hydrogen-bond acceptors (Lipinski definition) is 2.